The minimum absolute atomic E-state index is 0.169. The summed E-state index contributed by atoms with van der Waals surface area (Å²) in [6.45, 7) is -0.169. The molecule has 0 amide bonds. The van der Waals surface area contributed by atoms with Gasteiger partial charge in [-0.2, -0.15) is 0 Å². The predicted molar refractivity (Wildman–Crippen MR) is 108 cm³/mol. The van der Waals surface area contributed by atoms with Crippen LogP contribution in [0.4, 0.5) is 8.78 Å². The van der Waals surface area contributed by atoms with Crippen molar-refractivity contribution in [1.82, 2.24) is 4.57 Å². The van der Waals surface area contributed by atoms with E-state index in [2.05, 4.69) is 0 Å². The van der Waals surface area contributed by atoms with Gasteiger partial charge in [0.15, 0.2) is 5.78 Å². The highest BCUT2D eigenvalue weighted by Crippen LogP contribution is 2.14. The standard InChI is InChI=1S/C23H17F2NO5/c24-17-7-5-14(6-8-17)9-15-10-18(20(27)11-21(28)23(30)31)22(29)26(12-15)13-16-3-1-2-4-19(16)25/h1-8,10-12,28H,9,13H2,(H,30,31)/b21-11-. The molecule has 3 rings (SSSR count). The number of aliphatic hydroxyl groups excluding tert-OH is 1. The van der Waals surface area contributed by atoms with E-state index in [-0.39, 0.29) is 24.1 Å². The van der Waals surface area contributed by atoms with Gasteiger partial charge in [0.25, 0.3) is 5.56 Å². The van der Waals surface area contributed by atoms with E-state index in [4.69, 9.17) is 5.11 Å². The van der Waals surface area contributed by atoms with Gasteiger partial charge < -0.3 is 14.8 Å². The van der Waals surface area contributed by atoms with Crippen LogP contribution in [0, 0.1) is 11.6 Å². The summed E-state index contributed by atoms with van der Waals surface area (Å²) in [6.07, 6.45) is 2.12. The van der Waals surface area contributed by atoms with Gasteiger partial charge in [0.05, 0.1) is 12.1 Å². The quantitative estimate of drug-likeness (QED) is 0.343. The van der Waals surface area contributed by atoms with Gasteiger partial charge in [-0.25, -0.2) is 13.6 Å². The van der Waals surface area contributed by atoms with Crippen molar-refractivity contribution in [2.45, 2.75) is 13.0 Å². The third-order valence-electron chi connectivity index (χ3n) is 4.52. The third kappa shape index (κ3) is 5.30. The fourth-order valence-electron chi connectivity index (χ4n) is 3.00. The van der Waals surface area contributed by atoms with Gasteiger partial charge in [0.1, 0.15) is 11.6 Å². The predicted octanol–water partition coefficient (Wildman–Crippen LogP) is 3.47. The van der Waals surface area contributed by atoms with E-state index in [1.807, 2.05) is 0 Å². The van der Waals surface area contributed by atoms with E-state index in [1.54, 1.807) is 18.2 Å². The lowest BCUT2D eigenvalue weighted by Gasteiger charge is -2.12. The number of benzene rings is 2. The largest absolute Gasteiger partial charge is 0.502 e. The van der Waals surface area contributed by atoms with Gasteiger partial charge in [-0.1, -0.05) is 30.3 Å². The summed E-state index contributed by atoms with van der Waals surface area (Å²) < 4.78 is 28.4. The van der Waals surface area contributed by atoms with Crippen molar-refractivity contribution < 1.29 is 28.6 Å². The first-order valence-electron chi connectivity index (χ1n) is 9.14. The lowest BCUT2D eigenvalue weighted by atomic mass is 10.0. The van der Waals surface area contributed by atoms with Crippen LogP contribution < -0.4 is 5.56 Å². The van der Waals surface area contributed by atoms with Gasteiger partial charge in [-0.05, 0) is 41.8 Å². The number of carbonyl (C=O) groups excluding carboxylic acids is 1. The third-order valence-corrected chi connectivity index (χ3v) is 4.52. The van der Waals surface area contributed by atoms with Crippen molar-refractivity contribution in [1.29, 1.82) is 0 Å². The summed E-state index contributed by atoms with van der Waals surface area (Å²) in [5.74, 6) is -4.89. The van der Waals surface area contributed by atoms with Crippen LogP contribution in [0.3, 0.4) is 0 Å². The lowest BCUT2D eigenvalue weighted by molar-refractivity contribution is -0.135. The number of aliphatic hydroxyl groups is 1. The van der Waals surface area contributed by atoms with E-state index in [0.717, 1.165) is 4.57 Å². The Morgan fingerprint density at radius 3 is 2.29 bits per heavy atom. The molecule has 31 heavy (non-hydrogen) atoms. The molecule has 0 saturated heterocycles. The number of rotatable bonds is 7. The Labute approximate surface area is 175 Å². The van der Waals surface area contributed by atoms with Gasteiger partial charge >= 0.3 is 5.97 Å². The van der Waals surface area contributed by atoms with Crippen molar-refractivity contribution in [3.05, 3.63) is 117 Å². The molecule has 0 bridgehead atoms. The molecule has 2 N–H and O–H groups in total. The Balaban J connectivity index is 2.08. The highest BCUT2D eigenvalue weighted by atomic mass is 19.1. The van der Waals surface area contributed by atoms with Gasteiger partial charge in [0, 0.05) is 17.8 Å². The zero-order valence-corrected chi connectivity index (χ0v) is 16.1. The fourth-order valence-corrected chi connectivity index (χ4v) is 3.00. The van der Waals surface area contributed by atoms with Crippen molar-refractivity contribution in [2.24, 2.45) is 0 Å². The molecule has 0 aliphatic carbocycles. The number of hydrogen-bond donors (Lipinski definition) is 2. The second-order valence-electron chi connectivity index (χ2n) is 6.79. The SMILES string of the molecule is O=C(O)/C(O)=C/C(=O)c1cc(Cc2ccc(F)cc2)cn(Cc2ccccc2F)c1=O. The van der Waals surface area contributed by atoms with Crippen LogP contribution in [0.5, 0.6) is 0 Å². The number of allylic oxidation sites excluding steroid dienone is 1. The molecular weight excluding hydrogens is 408 g/mol. The number of hydrogen-bond acceptors (Lipinski definition) is 4. The fraction of sp³-hybridized carbons (Fsp3) is 0.0870. The van der Waals surface area contributed by atoms with Crippen molar-refractivity contribution >= 4 is 11.8 Å². The van der Waals surface area contributed by atoms with E-state index >= 15 is 0 Å². The Morgan fingerprint density at radius 1 is 0.968 bits per heavy atom. The number of carboxylic acid groups (broad SMARTS) is 1. The molecule has 0 unspecified atom stereocenters. The molecule has 8 heteroatoms. The smallest absolute Gasteiger partial charge is 0.371 e. The van der Waals surface area contributed by atoms with Gasteiger partial charge in [-0.15, -0.1) is 0 Å². The monoisotopic (exact) mass is 425 g/mol. The van der Waals surface area contributed by atoms with E-state index in [1.165, 1.54) is 42.6 Å². The van der Waals surface area contributed by atoms with Crippen molar-refractivity contribution in [3.8, 4) is 0 Å². The van der Waals surface area contributed by atoms with Crippen LogP contribution in [-0.4, -0.2) is 26.5 Å². The molecule has 0 saturated carbocycles. The molecule has 158 valence electrons. The number of pyridine rings is 1. The molecule has 3 aromatic rings. The highest BCUT2D eigenvalue weighted by Gasteiger charge is 2.17. The lowest BCUT2D eigenvalue weighted by Crippen LogP contribution is -2.27. The zero-order valence-electron chi connectivity index (χ0n) is 16.1. The summed E-state index contributed by atoms with van der Waals surface area (Å²) in [4.78, 5) is 36.1. The first-order valence-corrected chi connectivity index (χ1v) is 9.14. The van der Waals surface area contributed by atoms with Crippen LogP contribution in [0.15, 0.2) is 77.4 Å². The number of aromatic nitrogens is 1. The number of carbonyl (C=O) groups is 2. The summed E-state index contributed by atoms with van der Waals surface area (Å²) in [5, 5.41) is 18.1. The van der Waals surface area contributed by atoms with Crippen molar-refractivity contribution in [3.63, 3.8) is 0 Å². The van der Waals surface area contributed by atoms with Crippen LogP contribution in [-0.2, 0) is 17.8 Å². The van der Waals surface area contributed by atoms with Crippen LogP contribution in [0.2, 0.25) is 0 Å². The summed E-state index contributed by atoms with van der Waals surface area (Å²) in [6, 6.07) is 12.7. The number of halogens is 2. The zero-order chi connectivity index (χ0) is 22.5. The normalized spacial score (nSPS) is 11.4. The molecule has 0 atom stereocenters. The average Bonchev–Trinajstić information content (AvgIpc) is 2.73. The second kappa shape index (κ2) is 9.17. The summed E-state index contributed by atoms with van der Waals surface area (Å²) >= 11 is 0. The molecule has 0 fully saturated rings. The maximum atomic E-state index is 14.1. The molecule has 2 aromatic carbocycles. The molecular formula is C23H17F2NO5. The average molecular weight is 425 g/mol. The highest BCUT2D eigenvalue weighted by molar-refractivity contribution is 6.07. The van der Waals surface area contributed by atoms with Crippen LogP contribution >= 0.6 is 0 Å². The Kier molecular flexibility index (Phi) is 6.40. The van der Waals surface area contributed by atoms with Crippen LogP contribution in [0.25, 0.3) is 0 Å². The summed E-state index contributed by atoms with van der Waals surface area (Å²) in [7, 11) is 0. The molecule has 0 aliphatic rings. The van der Waals surface area contributed by atoms with E-state index in [0.29, 0.717) is 17.2 Å². The van der Waals surface area contributed by atoms with Crippen LogP contribution in [0.1, 0.15) is 27.0 Å². The first kappa shape index (κ1) is 21.6. The number of carboxylic acids is 1. The molecule has 0 spiro atoms. The Hall–Kier alpha value is -4.07. The number of aliphatic carboxylic acids is 1. The number of ketones is 1. The first-order chi connectivity index (χ1) is 14.7. The van der Waals surface area contributed by atoms with Gasteiger partial charge in [0.2, 0.25) is 5.76 Å². The summed E-state index contributed by atoms with van der Waals surface area (Å²) in [5.41, 5.74) is 0.231. The Morgan fingerprint density at radius 2 is 1.65 bits per heavy atom. The molecule has 1 aromatic heterocycles. The second-order valence-corrected chi connectivity index (χ2v) is 6.79. The van der Waals surface area contributed by atoms with Gasteiger partial charge in [-0.3, -0.25) is 9.59 Å². The minimum atomic E-state index is -1.72. The maximum absolute atomic E-state index is 14.1. The van der Waals surface area contributed by atoms with E-state index < -0.39 is 34.7 Å². The van der Waals surface area contributed by atoms with Crippen molar-refractivity contribution in [2.75, 3.05) is 0 Å². The topological polar surface area (TPSA) is 96.6 Å². The molecule has 6 nitrogen and oxygen atoms in total. The Bertz CT molecular complexity index is 1230. The number of nitrogens with zero attached hydrogens (tertiary/aromatic N) is 1. The maximum Gasteiger partial charge on any atom is 0.371 e. The molecule has 0 aliphatic heterocycles. The molecule has 0 radical (unpaired) electrons. The van der Waals surface area contributed by atoms with E-state index in [9.17, 15) is 28.3 Å². The molecule has 1 heterocycles. The minimum Gasteiger partial charge on any atom is -0.502 e.